The van der Waals surface area contributed by atoms with Gasteiger partial charge >= 0.3 is 6.18 Å². The minimum atomic E-state index is -5.06. The van der Waals surface area contributed by atoms with Crippen molar-refractivity contribution in [2.45, 2.75) is 43.9 Å². The molecule has 0 heterocycles. The summed E-state index contributed by atoms with van der Waals surface area (Å²) in [6.07, 6.45) is -6.72. The third-order valence-corrected chi connectivity index (χ3v) is 4.86. The van der Waals surface area contributed by atoms with Gasteiger partial charge in [0.25, 0.3) is 0 Å². The lowest BCUT2D eigenvalue weighted by atomic mass is 9.72. The first-order chi connectivity index (χ1) is 13.5. The van der Waals surface area contributed by atoms with Gasteiger partial charge < -0.3 is 4.74 Å². The topological polar surface area (TPSA) is 42.2 Å². The molecule has 2 rings (SSSR count). The minimum absolute atomic E-state index is 0.140. The number of nitriles is 1. The van der Waals surface area contributed by atoms with Gasteiger partial charge in [-0.25, -0.2) is 4.39 Å². The van der Waals surface area contributed by atoms with Crippen LogP contribution in [0.25, 0.3) is 0 Å². The van der Waals surface area contributed by atoms with Gasteiger partial charge in [-0.15, -0.1) is 0 Å². The molecule has 1 atom stereocenters. The number of hydrogen-bond donors (Lipinski definition) is 0. The normalized spacial score (nSPS) is 14.2. The Morgan fingerprint density at radius 3 is 2.14 bits per heavy atom. The summed E-state index contributed by atoms with van der Waals surface area (Å²) in [5.74, 6) is -0.468. The molecule has 3 nitrogen and oxygen atoms in total. The van der Waals surface area contributed by atoms with Crippen LogP contribution in [-0.2, 0) is 16.8 Å². The maximum atomic E-state index is 14.0. The van der Waals surface area contributed by atoms with E-state index in [0.29, 0.717) is 0 Å². The van der Waals surface area contributed by atoms with Crippen LogP contribution in [0, 0.1) is 17.1 Å². The molecule has 2 aromatic carbocycles. The highest BCUT2D eigenvalue weighted by Gasteiger charge is 2.60. The molecule has 2 aromatic rings. The van der Waals surface area contributed by atoms with Crippen LogP contribution in [0.4, 0.5) is 22.1 Å². The summed E-state index contributed by atoms with van der Waals surface area (Å²) in [5.41, 5.74) is -3.98. The lowest BCUT2D eigenvalue weighted by Crippen LogP contribution is -2.51. The number of hydrogen-bond acceptors (Lipinski definition) is 3. The highest BCUT2D eigenvalue weighted by molar-refractivity contribution is 5.40. The smallest absolute Gasteiger partial charge is 0.421 e. The molecule has 0 fully saturated rings. The van der Waals surface area contributed by atoms with Gasteiger partial charge in [-0.05, 0) is 52.3 Å². The van der Waals surface area contributed by atoms with Crippen molar-refractivity contribution >= 4 is 0 Å². The molecule has 8 heteroatoms. The van der Waals surface area contributed by atoms with Gasteiger partial charge in [0, 0.05) is 12.0 Å². The van der Waals surface area contributed by atoms with Crippen LogP contribution in [0.1, 0.15) is 37.0 Å². The van der Waals surface area contributed by atoms with E-state index in [1.807, 2.05) is 6.07 Å². The average molecular weight is 413 g/mol. The molecule has 0 saturated heterocycles. The fraction of sp³-hybridized carbons (Fsp3) is 0.381. The van der Waals surface area contributed by atoms with E-state index in [9.17, 15) is 22.1 Å². The number of nitrogens with zero attached hydrogens (tertiary/aromatic N) is 1. The molecule has 0 N–H and O–H groups in total. The van der Waals surface area contributed by atoms with E-state index in [-0.39, 0.29) is 22.4 Å². The first kappa shape index (κ1) is 22.6. The molecule has 0 aliphatic carbocycles. The van der Waals surface area contributed by atoms with Crippen LogP contribution in [0.15, 0.2) is 42.5 Å². The van der Waals surface area contributed by atoms with Gasteiger partial charge in [-0.2, -0.15) is 23.4 Å². The lowest BCUT2D eigenvalue weighted by molar-refractivity contribution is -0.357. The van der Waals surface area contributed by atoms with E-state index in [2.05, 4.69) is 4.94 Å². The molecular formula is C21H20F5NO2. The highest BCUT2D eigenvalue weighted by atomic mass is 19.4. The fourth-order valence-electron chi connectivity index (χ4n) is 3.41. The molecule has 0 saturated carbocycles. The van der Waals surface area contributed by atoms with Gasteiger partial charge in [-0.3, -0.25) is 0 Å². The molecule has 0 aliphatic rings. The second kappa shape index (κ2) is 8.37. The highest BCUT2D eigenvalue weighted by Crippen LogP contribution is 2.47. The summed E-state index contributed by atoms with van der Waals surface area (Å²) in [6, 6.07) is 10.7. The number of rotatable bonds is 7. The Hall–Kier alpha value is -2.66. The Morgan fingerprint density at radius 2 is 1.66 bits per heavy atom. The van der Waals surface area contributed by atoms with Crippen molar-refractivity contribution in [2.75, 3.05) is 7.11 Å². The van der Waals surface area contributed by atoms with Crippen molar-refractivity contribution in [2.24, 2.45) is 0 Å². The zero-order chi connectivity index (χ0) is 21.9. The van der Waals surface area contributed by atoms with Gasteiger partial charge in [0.15, 0.2) is 0 Å². The number of halogens is 5. The van der Waals surface area contributed by atoms with Gasteiger partial charge in [0.2, 0.25) is 5.60 Å². The first-order valence-corrected chi connectivity index (χ1v) is 8.67. The molecular weight excluding hydrogens is 393 g/mol. The fourth-order valence-corrected chi connectivity index (χ4v) is 3.41. The predicted molar refractivity (Wildman–Crippen MR) is 96.4 cm³/mol. The lowest BCUT2D eigenvalue weighted by Gasteiger charge is -2.38. The van der Waals surface area contributed by atoms with Gasteiger partial charge in [0.05, 0.1) is 18.7 Å². The summed E-state index contributed by atoms with van der Waals surface area (Å²) < 4.78 is 74.5. The van der Waals surface area contributed by atoms with E-state index in [4.69, 9.17) is 10.00 Å². The first-order valence-electron chi connectivity index (χ1n) is 8.67. The molecule has 156 valence electrons. The largest absolute Gasteiger partial charge is 0.496 e. The maximum Gasteiger partial charge on any atom is 0.421 e. The van der Waals surface area contributed by atoms with Crippen molar-refractivity contribution in [1.82, 2.24) is 0 Å². The van der Waals surface area contributed by atoms with E-state index in [1.165, 1.54) is 51.3 Å². The standard InChI is InChI=1S/C21H20F5NO2/c1-19(2,17-10-16(22)8-9-18(17)28-3)13-20(29-26,21(23,24)25)11-14-4-6-15(12-27)7-5-14/h4-10H,11,13H2,1-3H3. The zero-order valence-electron chi connectivity index (χ0n) is 16.1. The van der Waals surface area contributed by atoms with Crippen LogP contribution in [0.3, 0.4) is 0 Å². The van der Waals surface area contributed by atoms with Crippen molar-refractivity contribution in [3.63, 3.8) is 0 Å². The average Bonchev–Trinajstić information content (AvgIpc) is 2.67. The minimum Gasteiger partial charge on any atom is -0.496 e. The van der Waals surface area contributed by atoms with Crippen LogP contribution >= 0.6 is 0 Å². The quantitative estimate of drug-likeness (QED) is 0.538. The van der Waals surface area contributed by atoms with Gasteiger partial charge in [0.1, 0.15) is 11.6 Å². The molecule has 29 heavy (non-hydrogen) atoms. The van der Waals surface area contributed by atoms with Gasteiger partial charge in [-0.1, -0.05) is 26.0 Å². The van der Waals surface area contributed by atoms with Crippen LogP contribution in [0.2, 0.25) is 0 Å². The van der Waals surface area contributed by atoms with Crippen LogP contribution < -0.4 is 4.74 Å². The third-order valence-electron chi connectivity index (χ3n) is 4.86. The van der Waals surface area contributed by atoms with E-state index < -0.39 is 35.9 Å². The summed E-state index contributed by atoms with van der Waals surface area (Å²) in [4.78, 5) is 3.60. The predicted octanol–water partition coefficient (Wildman–Crippen LogP) is 5.82. The molecule has 0 amide bonds. The Kier molecular flexibility index (Phi) is 6.53. The SMILES string of the molecule is COc1ccc(F)cc1C(C)(C)CC(Cc1ccc(C#N)cc1)(OF)C(F)(F)F. The summed E-state index contributed by atoms with van der Waals surface area (Å²) in [6.45, 7) is 2.87. The van der Waals surface area contributed by atoms with E-state index in [0.717, 1.165) is 12.1 Å². The Labute approximate surface area is 165 Å². The summed E-state index contributed by atoms with van der Waals surface area (Å²) >= 11 is 0. The van der Waals surface area contributed by atoms with Crippen molar-refractivity contribution in [3.05, 3.63) is 65.0 Å². The molecule has 0 spiro atoms. The number of methoxy groups -OCH3 is 1. The van der Waals surface area contributed by atoms with Crippen LogP contribution in [-0.4, -0.2) is 18.9 Å². The Balaban J connectivity index is 2.49. The van der Waals surface area contributed by atoms with E-state index >= 15 is 0 Å². The molecule has 0 bridgehead atoms. The molecule has 0 radical (unpaired) electrons. The van der Waals surface area contributed by atoms with Crippen molar-refractivity contribution < 1.29 is 31.8 Å². The van der Waals surface area contributed by atoms with Crippen molar-refractivity contribution in [3.8, 4) is 11.8 Å². The summed E-state index contributed by atoms with van der Waals surface area (Å²) in [7, 11) is 1.31. The summed E-state index contributed by atoms with van der Waals surface area (Å²) in [5, 5.41) is 8.83. The monoisotopic (exact) mass is 413 g/mol. The zero-order valence-corrected chi connectivity index (χ0v) is 16.1. The third kappa shape index (κ3) is 4.85. The number of ether oxygens (including phenoxy) is 1. The molecule has 0 aliphatic heterocycles. The Morgan fingerprint density at radius 1 is 1.03 bits per heavy atom. The number of alkyl halides is 3. The second-order valence-corrected chi connectivity index (χ2v) is 7.46. The maximum absolute atomic E-state index is 14.0. The number of benzene rings is 2. The molecule has 1 unspecified atom stereocenters. The van der Waals surface area contributed by atoms with E-state index in [1.54, 1.807) is 0 Å². The van der Waals surface area contributed by atoms with Crippen molar-refractivity contribution in [1.29, 1.82) is 5.26 Å². The Bertz CT molecular complexity index is 887. The second-order valence-electron chi connectivity index (χ2n) is 7.46. The van der Waals surface area contributed by atoms with Crippen LogP contribution in [0.5, 0.6) is 5.75 Å². The molecule has 0 aromatic heterocycles.